The molecule has 1 aliphatic carbocycles. The highest BCUT2D eigenvalue weighted by molar-refractivity contribution is 5.93. The third-order valence-electron chi connectivity index (χ3n) is 11.0. The Kier molecular flexibility index (Phi) is 11.1. The van der Waals surface area contributed by atoms with Gasteiger partial charge in [0.1, 0.15) is 34.7 Å². The van der Waals surface area contributed by atoms with E-state index in [2.05, 4.69) is 69.9 Å². The fraction of sp³-hybridized carbons (Fsp3) is 0.386. The van der Waals surface area contributed by atoms with Crippen molar-refractivity contribution >= 4 is 46.2 Å². The Morgan fingerprint density at radius 3 is 2.20 bits per heavy atom. The van der Waals surface area contributed by atoms with Crippen LogP contribution in [0.2, 0.25) is 0 Å². The second-order valence-electron chi connectivity index (χ2n) is 15.3. The third-order valence-corrected chi connectivity index (χ3v) is 11.0. The normalized spacial score (nSPS) is 19.0. The fourth-order valence-electron chi connectivity index (χ4n) is 8.18. The van der Waals surface area contributed by atoms with Gasteiger partial charge in [0.2, 0.25) is 17.8 Å². The van der Waals surface area contributed by atoms with E-state index in [0.717, 1.165) is 47.5 Å². The van der Waals surface area contributed by atoms with Gasteiger partial charge < -0.3 is 43.2 Å². The number of terminal acetylenes is 1. The van der Waals surface area contributed by atoms with E-state index >= 15 is 0 Å². The lowest BCUT2D eigenvalue weighted by atomic mass is 10.0. The first-order valence-corrected chi connectivity index (χ1v) is 20.4. The number of benzene rings is 2. The van der Waals surface area contributed by atoms with Crippen LogP contribution in [-0.4, -0.2) is 133 Å². The zero-order chi connectivity index (χ0) is 41.2. The highest BCUT2D eigenvalue weighted by atomic mass is 16.5. The summed E-state index contributed by atoms with van der Waals surface area (Å²) in [5, 5.41) is 9.98. The van der Waals surface area contributed by atoms with Gasteiger partial charge in [0.25, 0.3) is 0 Å². The summed E-state index contributed by atoms with van der Waals surface area (Å²) in [5.74, 6) is 4.12. The molecule has 10 rings (SSSR count). The summed E-state index contributed by atoms with van der Waals surface area (Å²) >= 11 is 0. The van der Waals surface area contributed by atoms with Crippen molar-refractivity contribution in [1.29, 1.82) is 0 Å². The molecule has 3 fully saturated rings. The third kappa shape index (κ3) is 7.99. The SMILES string of the molecule is C#CCn1cnc2c(-c3cccc4c3C=CC4)nc(N3CC(C)OC(C)C3)nc21.O=C(Cn1cnc2c(-c3cccc(O)c3)nc(N3CCOCC3)nc21)N1CCOCC1. The molecule has 1 amide bonds. The quantitative estimate of drug-likeness (QED) is 0.229. The number of phenols is 1. The molecule has 0 spiro atoms. The minimum absolute atomic E-state index is 0.00744. The van der Waals surface area contributed by atoms with Crippen LogP contribution < -0.4 is 9.80 Å². The number of fused-ring (bicyclic) bond motifs is 3. The number of aromatic nitrogens is 8. The summed E-state index contributed by atoms with van der Waals surface area (Å²) in [6.45, 7) is 11.1. The van der Waals surface area contributed by atoms with Crippen molar-refractivity contribution in [2.45, 2.75) is 45.6 Å². The van der Waals surface area contributed by atoms with Gasteiger partial charge in [0, 0.05) is 50.4 Å². The number of anilines is 2. The van der Waals surface area contributed by atoms with Crippen molar-refractivity contribution in [2.75, 3.05) is 75.5 Å². The van der Waals surface area contributed by atoms with Gasteiger partial charge in [-0.25, -0.2) is 19.9 Å². The molecule has 0 bridgehead atoms. The van der Waals surface area contributed by atoms with Crippen LogP contribution in [0.4, 0.5) is 11.9 Å². The Bertz CT molecular complexity index is 2590. The first-order valence-electron chi connectivity index (χ1n) is 20.4. The van der Waals surface area contributed by atoms with E-state index in [4.69, 9.17) is 40.6 Å². The van der Waals surface area contributed by atoms with E-state index in [-0.39, 0.29) is 30.4 Å². The van der Waals surface area contributed by atoms with Gasteiger partial charge in [-0.1, -0.05) is 48.4 Å². The number of aromatic hydroxyl groups is 1. The summed E-state index contributed by atoms with van der Waals surface area (Å²) in [6, 6.07) is 13.3. The predicted octanol–water partition coefficient (Wildman–Crippen LogP) is 4.20. The first kappa shape index (κ1) is 39.1. The molecule has 3 aliphatic heterocycles. The standard InChI is InChI=1S/C23H23N5O.C21H24N6O4/c1-4-11-27-14-24-21-20(19-10-6-8-17-7-5-9-18(17)19)25-23(26-22(21)27)28-12-15(2)29-16(3)13-28;28-16-3-1-2-15(12-16)18-19-20(24-21(23-18)26-6-10-31-11-7-26)27(14-22-19)13-17(29)25-4-8-30-9-5-25/h1,5-6,8-10,14-16H,7,11-13H2,2-3H3;1-3,12,14,28H,4-11,13H2. The molecule has 1 N–H and O–H groups in total. The van der Waals surface area contributed by atoms with E-state index < -0.39 is 0 Å². The minimum Gasteiger partial charge on any atom is -0.508 e. The average molecular weight is 810 g/mol. The van der Waals surface area contributed by atoms with Crippen LogP contribution >= 0.6 is 0 Å². The molecule has 4 aliphatic rings. The number of allylic oxidation sites excluding steroid dienone is 1. The highest BCUT2D eigenvalue weighted by Crippen LogP contribution is 2.35. The topological polar surface area (TPSA) is 162 Å². The molecule has 2 unspecified atom stereocenters. The number of nitrogens with zero attached hydrogens (tertiary/aromatic N) is 11. The summed E-state index contributed by atoms with van der Waals surface area (Å²) in [7, 11) is 0. The zero-order valence-corrected chi connectivity index (χ0v) is 33.8. The maximum Gasteiger partial charge on any atom is 0.242 e. The van der Waals surface area contributed by atoms with Crippen LogP contribution in [0.3, 0.4) is 0 Å². The number of carbonyl (C=O) groups is 1. The molecule has 4 aromatic heterocycles. The lowest BCUT2D eigenvalue weighted by molar-refractivity contribution is -0.135. The number of amides is 1. The number of hydrogen-bond acceptors (Lipinski definition) is 13. The Labute approximate surface area is 347 Å². The molecule has 16 nitrogen and oxygen atoms in total. The van der Waals surface area contributed by atoms with E-state index in [1.165, 1.54) is 11.1 Å². The van der Waals surface area contributed by atoms with Crippen LogP contribution in [0.1, 0.15) is 25.0 Å². The molecule has 2 aromatic carbocycles. The molecule has 0 radical (unpaired) electrons. The van der Waals surface area contributed by atoms with E-state index in [9.17, 15) is 9.90 Å². The Balaban J connectivity index is 0.000000154. The van der Waals surface area contributed by atoms with Crippen molar-refractivity contribution in [3.63, 3.8) is 0 Å². The first-order chi connectivity index (χ1) is 29.3. The molecular formula is C44H47N11O5. The number of hydrogen-bond donors (Lipinski definition) is 1. The second-order valence-corrected chi connectivity index (χ2v) is 15.3. The van der Waals surface area contributed by atoms with E-state index in [1.54, 1.807) is 40.3 Å². The minimum atomic E-state index is 0.00744. The lowest BCUT2D eigenvalue weighted by Gasteiger charge is -2.35. The Morgan fingerprint density at radius 1 is 0.817 bits per heavy atom. The Morgan fingerprint density at radius 2 is 1.47 bits per heavy atom. The van der Waals surface area contributed by atoms with Gasteiger partial charge in [-0.05, 0) is 43.5 Å². The Hall–Kier alpha value is -6.41. The van der Waals surface area contributed by atoms with Gasteiger partial charge in [-0.3, -0.25) is 4.79 Å². The second kappa shape index (κ2) is 17.1. The van der Waals surface area contributed by atoms with E-state index in [1.807, 2.05) is 10.6 Å². The number of morpholine rings is 3. The number of phenolic OH excluding ortho intramolecular Hbond substituents is 1. The molecule has 3 saturated heterocycles. The molecule has 16 heteroatoms. The van der Waals surface area contributed by atoms with Gasteiger partial charge in [-0.2, -0.15) is 9.97 Å². The molecule has 308 valence electrons. The molecule has 7 heterocycles. The lowest BCUT2D eigenvalue weighted by Crippen LogP contribution is -2.46. The van der Waals surface area contributed by atoms with Crippen LogP contribution in [0.5, 0.6) is 5.75 Å². The summed E-state index contributed by atoms with van der Waals surface area (Å²) in [6.07, 6.45) is 14.5. The van der Waals surface area contributed by atoms with Crippen LogP contribution in [0, 0.1) is 12.3 Å². The largest absolute Gasteiger partial charge is 0.508 e. The van der Waals surface area contributed by atoms with Crippen molar-refractivity contribution in [1.82, 2.24) is 43.9 Å². The van der Waals surface area contributed by atoms with Gasteiger partial charge >= 0.3 is 0 Å². The number of imidazole rings is 2. The number of carbonyl (C=O) groups excluding carboxylic acids is 1. The van der Waals surface area contributed by atoms with Crippen LogP contribution in [-0.2, 0) is 38.5 Å². The van der Waals surface area contributed by atoms with Crippen molar-refractivity contribution in [3.05, 3.63) is 72.3 Å². The molecule has 60 heavy (non-hydrogen) atoms. The van der Waals surface area contributed by atoms with Crippen molar-refractivity contribution < 1.29 is 24.1 Å². The molecular weight excluding hydrogens is 763 g/mol. The highest BCUT2D eigenvalue weighted by Gasteiger charge is 2.28. The number of rotatable bonds is 7. The summed E-state index contributed by atoms with van der Waals surface area (Å²) in [5.41, 5.74) is 8.59. The van der Waals surface area contributed by atoms with Crippen LogP contribution in [0.25, 0.3) is 50.9 Å². The molecule has 6 aromatic rings. The van der Waals surface area contributed by atoms with Crippen molar-refractivity contribution in [3.8, 4) is 40.6 Å². The monoisotopic (exact) mass is 809 g/mol. The predicted molar refractivity (Wildman–Crippen MR) is 227 cm³/mol. The summed E-state index contributed by atoms with van der Waals surface area (Å²) < 4.78 is 20.4. The van der Waals surface area contributed by atoms with Crippen LogP contribution in [0.15, 0.2) is 61.2 Å². The fourth-order valence-corrected chi connectivity index (χ4v) is 8.18. The van der Waals surface area contributed by atoms with Crippen molar-refractivity contribution in [2.24, 2.45) is 0 Å². The maximum absolute atomic E-state index is 12.8. The number of ether oxygens (including phenoxy) is 3. The molecule has 2 atom stereocenters. The smallest absolute Gasteiger partial charge is 0.242 e. The average Bonchev–Trinajstić information content (AvgIpc) is 4.03. The molecule has 0 saturated carbocycles. The van der Waals surface area contributed by atoms with Gasteiger partial charge in [-0.15, -0.1) is 6.42 Å². The summed E-state index contributed by atoms with van der Waals surface area (Å²) in [4.78, 5) is 47.5. The van der Waals surface area contributed by atoms with E-state index in [0.29, 0.717) is 87.9 Å². The zero-order valence-electron chi connectivity index (χ0n) is 33.8. The van der Waals surface area contributed by atoms with Gasteiger partial charge in [0.05, 0.1) is 57.8 Å². The maximum atomic E-state index is 12.8. The van der Waals surface area contributed by atoms with Gasteiger partial charge in [0.15, 0.2) is 11.3 Å².